The van der Waals surface area contributed by atoms with Crippen LogP contribution in [0.2, 0.25) is 0 Å². The van der Waals surface area contributed by atoms with Crippen molar-refractivity contribution >= 4 is 17.1 Å². The molecular weight excluding hydrogens is 699 g/mol. The number of anilines is 3. The highest BCUT2D eigenvalue weighted by molar-refractivity contribution is 6.01. The van der Waals surface area contributed by atoms with Crippen molar-refractivity contribution in [3.63, 3.8) is 0 Å². The Morgan fingerprint density at radius 3 is 1.45 bits per heavy atom. The lowest BCUT2D eigenvalue weighted by Crippen LogP contribution is -2.27. The van der Waals surface area contributed by atoms with Gasteiger partial charge in [-0.1, -0.05) is 199 Å². The molecule has 8 aromatic rings. The molecule has 0 amide bonds. The summed E-state index contributed by atoms with van der Waals surface area (Å²) in [5.41, 5.74) is 21.2. The minimum absolute atomic E-state index is 0.00313. The van der Waals surface area contributed by atoms with Gasteiger partial charge in [0.25, 0.3) is 0 Å². The molecule has 0 radical (unpaired) electrons. The highest BCUT2D eigenvalue weighted by Gasteiger charge is 2.53. The molecule has 58 heavy (non-hydrogen) atoms. The fraction of sp³-hybridized carbons (Fsp3) is 0.158. The molecule has 0 atom stereocenters. The van der Waals surface area contributed by atoms with Gasteiger partial charge in [0.2, 0.25) is 0 Å². The van der Waals surface area contributed by atoms with Gasteiger partial charge in [0.05, 0.1) is 11.1 Å². The first-order valence-corrected chi connectivity index (χ1v) is 20.7. The van der Waals surface area contributed by atoms with Crippen LogP contribution in [0.5, 0.6) is 0 Å². The zero-order valence-corrected chi connectivity index (χ0v) is 34.3. The number of rotatable bonds is 5. The van der Waals surface area contributed by atoms with Crippen molar-refractivity contribution in [2.24, 2.45) is 0 Å². The fourth-order valence-corrected chi connectivity index (χ4v) is 9.65. The molecule has 1 spiro atoms. The van der Waals surface area contributed by atoms with E-state index in [2.05, 4.69) is 234 Å². The summed E-state index contributed by atoms with van der Waals surface area (Å²) in [5, 5.41) is 0. The Labute approximate surface area is 344 Å². The van der Waals surface area contributed by atoms with E-state index < -0.39 is 5.41 Å². The third kappa shape index (κ3) is 5.59. The summed E-state index contributed by atoms with van der Waals surface area (Å²) in [6.07, 6.45) is 0. The first-order chi connectivity index (χ1) is 28.0. The molecule has 0 aromatic heterocycles. The number of nitrogens with zero attached hydrogens (tertiary/aromatic N) is 1. The van der Waals surface area contributed by atoms with Crippen LogP contribution in [-0.2, 0) is 16.2 Å². The lowest BCUT2D eigenvalue weighted by molar-refractivity contribution is 0.586. The maximum atomic E-state index is 2.54. The highest BCUT2D eigenvalue weighted by atomic mass is 15.1. The average molecular weight is 748 g/mol. The molecular formula is C57H49N. The van der Waals surface area contributed by atoms with Crippen molar-refractivity contribution in [3.05, 3.63) is 221 Å². The monoisotopic (exact) mass is 747 g/mol. The normalized spacial score (nSPS) is 13.5. The Hall–Kier alpha value is -6.44. The van der Waals surface area contributed by atoms with E-state index in [1.807, 2.05) is 0 Å². The summed E-state index contributed by atoms with van der Waals surface area (Å²) < 4.78 is 0. The van der Waals surface area contributed by atoms with E-state index in [9.17, 15) is 0 Å². The Bertz CT molecular complexity index is 2770. The zero-order valence-electron chi connectivity index (χ0n) is 34.3. The molecule has 0 saturated heterocycles. The summed E-state index contributed by atoms with van der Waals surface area (Å²) in [7, 11) is 0. The minimum atomic E-state index is -0.482. The molecule has 0 unspecified atom stereocenters. The van der Waals surface area contributed by atoms with Crippen LogP contribution in [-0.4, -0.2) is 0 Å². The lowest BCUT2D eigenvalue weighted by Gasteiger charge is -2.33. The predicted molar refractivity (Wildman–Crippen MR) is 246 cm³/mol. The van der Waals surface area contributed by atoms with Crippen LogP contribution in [0.3, 0.4) is 0 Å². The second-order valence-electron chi connectivity index (χ2n) is 18.2. The molecule has 1 nitrogen and oxygen atoms in total. The van der Waals surface area contributed by atoms with Crippen molar-refractivity contribution < 1.29 is 0 Å². The van der Waals surface area contributed by atoms with Crippen molar-refractivity contribution in [3.8, 4) is 44.5 Å². The molecule has 0 bridgehead atoms. The second kappa shape index (κ2) is 13.3. The predicted octanol–water partition coefficient (Wildman–Crippen LogP) is 15.4. The summed E-state index contributed by atoms with van der Waals surface area (Å²) in [6, 6.07) is 70.4. The van der Waals surface area contributed by atoms with E-state index in [1.165, 1.54) is 83.6 Å². The summed E-state index contributed by atoms with van der Waals surface area (Å²) in [6.45, 7) is 14.0. The van der Waals surface area contributed by atoms with Gasteiger partial charge in [0.1, 0.15) is 0 Å². The third-order valence-corrected chi connectivity index (χ3v) is 12.6. The molecule has 2 aliphatic rings. The average Bonchev–Trinajstić information content (AvgIpc) is 3.71. The minimum Gasteiger partial charge on any atom is -0.310 e. The molecule has 10 rings (SSSR count). The maximum Gasteiger partial charge on any atom is 0.0726 e. The van der Waals surface area contributed by atoms with Gasteiger partial charge in [0, 0.05) is 16.9 Å². The van der Waals surface area contributed by atoms with Gasteiger partial charge in [-0.05, 0) is 113 Å². The molecule has 0 N–H and O–H groups in total. The van der Waals surface area contributed by atoms with Gasteiger partial charge in [-0.25, -0.2) is 0 Å². The molecule has 1 heteroatoms. The number of hydrogen-bond acceptors (Lipinski definition) is 1. The van der Waals surface area contributed by atoms with Gasteiger partial charge in [-0.15, -0.1) is 0 Å². The molecule has 0 aliphatic heterocycles. The Balaban J connectivity index is 1.27. The van der Waals surface area contributed by atoms with Gasteiger partial charge in [-0.3, -0.25) is 0 Å². The molecule has 0 heterocycles. The largest absolute Gasteiger partial charge is 0.310 e. The van der Waals surface area contributed by atoms with Gasteiger partial charge in [-0.2, -0.15) is 0 Å². The molecule has 2 aliphatic carbocycles. The first-order valence-electron chi connectivity index (χ1n) is 20.7. The van der Waals surface area contributed by atoms with Crippen LogP contribution < -0.4 is 4.90 Å². The van der Waals surface area contributed by atoms with Crippen LogP contribution >= 0.6 is 0 Å². The van der Waals surface area contributed by atoms with Crippen LogP contribution in [0.15, 0.2) is 188 Å². The van der Waals surface area contributed by atoms with Crippen LogP contribution in [0.1, 0.15) is 74.9 Å². The molecule has 8 aromatic carbocycles. The summed E-state index contributed by atoms with van der Waals surface area (Å²) >= 11 is 0. The zero-order chi connectivity index (χ0) is 39.8. The van der Waals surface area contributed by atoms with Crippen molar-refractivity contribution in [2.45, 2.75) is 57.8 Å². The fourth-order valence-electron chi connectivity index (χ4n) is 9.65. The van der Waals surface area contributed by atoms with Crippen molar-refractivity contribution in [2.75, 3.05) is 4.90 Å². The molecule has 0 fully saturated rings. The Morgan fingerprint density at radius 2 is 0.845 bits per heavy atom. The van der Waals surface area contributed by atoms with Crippen molar-refractivity contribution in [1.29, 1.82) is 0 Å². The van der Waals surface area contributed by atoms with Crippen LogP contribution in [0.4, 0.5) is 17.1 Å². The number of fused-ring (bicyclic) bond motifs is 10. The second-order valence-corrected chi connectivity index (χ2v) is 18.2. The quantitative estimate of drug-likeness (QED) is 0.169. The molecule has 282 valence electrons. The highest BCUT2D eigenvalue weighted by Crippen LogP contribution is 2.65. The van der Waals surface area contributed by atoms with Gasteiger partial charge in [0.15, 0.2) is 0 Å². The van der Waals surface area contributed by atoms with E-state index in [0.29, 0.717) is 0 Å². The van der Waals surface area contributed by atoms with Gasteiger partial charge >= 0.3 is 0 Å². The first kappa shape index (κ1) is 35.9. The molecule has 0 saturated carbocycles. The van der Waals surface area contributed by atoms with Gasteiger partial charge < -0.3 is 4.90 Å². The SMILES string of the molecule is CC(C)(C)c1ccc2c(c1)C1(c3cc(C(C)(C)C)ccc3-2)c2ccccc2-c2c(N(c3ccc(-c4ccccc4)cc3)c3cccc(-c4ccccc4)c3)cccc21. The topological polar surface area (TPSA) is 3.24 Å². The van der Waals surface area contributed by atoms with Crippen LogP contribution in [0.25, 0.3) is 44.5 Å². The number of benzene rings is 8. The Morgan fingerprint density at radius 1 is 0.345 bits per heavy atom. The lowest BCUT2D eigenvalue weighted by atomic mass is 9.69. The standard InChI is InChI=1S/C57H49N/c1-55(2,3)42-29-33-46-47-34-30-43(56(4,5)6)37-52(47)57(51(46)36-42)49-24-14-13-23-48(49)54-50(57)25-16-26-53(54)58(44-31-27-40(28-32-44)38-17-9-7-10-18-38)45-22-15-21-41(35-45)39-19-11-8-12-20-39/h7-37H,1-6H3. The smallest absolute Gasteiger partial charge is 0.0726 e. The van der Waals surface area contributed by atoms with E-state index >= 15 is 0 Å². The third-order valence-electron chi connectivity index (χ3n) is 12.6. The maximum absolute atomic E-state index is 2.54. The van der Waals surface area contributed by atoms with E-state index in [1.54, 1.807) is 0 Å². The van der Waals surface area contributed by atoms with E-state index in [-0.39, 0.29) is 10.8 Å². The van der Waals surface area contributed by atoms with E-state index in [0.717, 1.165) is 11.4 Å². The summed E-state index contributed by atoms with van der Waals surface area (Å²) in [4.78, 5) is 2.49. The van der Waals surface area contributed by atoms with E-state index in [4.69, 9.17) is 0 Å². The summed E-state index contributed by atoms with van der Waals surface area (Å²) in [5.74, 6) is 0. The van der Waals surface area contributed by atoms with Crippen LogP contribution in [0, 0.1) is 0 Å². The van der Waals surface area contributed by atoms with Crippen molar-refractivity contribution in [1.82, 2.24) is 0 Å². The Kier molecular flexibility index (Phi) is 8.25. The number of hydrogen-bond donors (Lipinski definition) is 0.